The molecule has 0 atom stereocenters. The van der Waals surface area contributed by atoms with Crippen LogP contribution in [0.25, 0.3) is 0 Å². The number of phenolic OH excluding ortho intramolecular Hbond substituents is 1. The molecule has 0 bridgehead atoms. The van der Waals surface area contributed by atoms with Crippen molar-refractivity contribution in [3.8, 4) is 5.75 Å². The number of nitrogens with one attached hydrogen (secondary N) is 1. The van der Waals surface area contributed by atoms with Gasteiger partial charge in [-0.15, -0.1) is 0 Å². The molecule has 2 aromatic rings. The molecule has 2 N–H and O–H groups in total. The van der Waals surface area contributed by atoms with Crippen molar-refractivity contribution in [2.24, 2.45) is 0 Å². The Morgan fingerprint density at radius 1 is 0.900 bits per heavy atom. The van der Waals surface area contributed by atoms with Crippen molar-refractivity contribution in [1.82, 2.24) is 4.72 Å². The molecule has 5 heteroatoms. The van der Waals surface area contributed by atoms with Crippen LogP contribution in [-0.2, 0) is 22.2 Å². The van der Waals surface area contributed by atoms with Crippen LogP contribution < -0.4 is 4.72 Å². The fourth-order valence-electron chi connectivity index (χ4n) is 1.86. The van der Waals surface area contributed by atoms with E-state index in [1.54, 1.807) is 36.4 Å². The van der Waals surface area contributed by atoms with E-state index >= 15 is 0 Å². The Labute approximate surface area is 119 Å². The van der Waals surface area contributed by atoms with E-state index in [-0.39, 0.29) is 11.5 Å². The molecule has 2 aromatic carbocycles. The first kappa shape index (κ1) is 14.6. The lowest BCUT2D eigenvalue weighted by Gasteiger charge is -2.07. The maximum Gasteiger partial charge on any atom is 0.215 e. The monoisotopic (exact) mass is 291 g/mol. The van der Waals surface area contributed by atoms with Crippen molar-refractivity contribution in [3.63, 3.8) is 0 Å². The molecule has 0 aliphatic heterocycles. The Morgan fingerprint density at radius 3 is 2.20 bits per heavy atom. The van der Waals surface area contributed by atoms with Gasteiger partial charge >= 0.3 is 0 Å². The van der Waals surface area contributed by atoms with Gasteiger partial charge in [-0.2, -0.15) is 0 Å². The molecule has 2 rings (SSSR count). The standard InChI is InChI=1S/C15H17NO3S/c17-15-8-6-13(7-9-15)10-11-16-20(18,19)12-14-4-2-1-3-5-14/h1-9,16-17H,10-12H2. The van der Waals surface area contributed by atoms with Crippen LogP contribution in [0.4, 0.5) is 0 Å². The third-order valence-corrected chi connectivity index (χ3v) is 4.23. The predicted octanol–water partition coefficient (Wildman–Crippen LogP) is 2.05. The zero-order chi connectivity index (χ0) is 14.4. The van der Waals surface area contributed by atoms with Gasteiger partial charge in [0.05, 0.1) is 5.75 Å². The molecule has 0 unspecified atom stereocenters. The molecule has 0 fully saturated rings. The van der Waals surface area contributed by atoms with Gasteiger partial charge in [0.25, 0.3) is 0 Å². The maximum atomic E-state index is 11.9. The molecule has 0 heterocycles. The van der Waals surface area contributed by atoms with E-state index in [9.17, 15) is 8.42 Å². The highest BCUT2D eigenvalue weighted by atomic mass is 32.2. The highest BCUT2D eigenvalue weighted by Crippen LogP contribution is 2.10. The van der Waals surface area contributed by atoms with E-state index in [1.165, 1.54) is 0 Å². The van der Waals surface area contributed by atoms with Crippen molar-refractivity contribution in [2.45, 2.75) is 12.2 Å². The SMILES string of the molecule is O=S(=O)(Cc1ccccc1)NCCc1ccc(O)cc1. The average molecular weight is 291 g/mol. The van der Waals surface area contributed by atoms with E-state index in [2.05, 4.69) is 4.72 Å². The van der Waals surface area contributed by atoms with Gasteiger partial charge in [-0.3, -0.25) is 0 Å². The van der Waals surface area contributed by atoms with Gasteiger partial charge in [-0.1, -0.05) is 42.5 Å². The van der Waals surface area contributed by atoms with Crippen molar-refractivity contribution in [1.29, 1.82) is 0 Å². The summed E-state index contributed by atoms with van der Waals surface area (Å²) < 4.78 is 26.4. The second-order valence-corrected chi connectivity index (χ2v) is 6.36. The third kappa shape index (κ3) is 4.68. The van der Waals surface area contributed by atoms with E-state index in [1.807, 2.05) is 18.2 Å². The lowest BCUT2D eigenvalue weighted by atomic mass is 10.1. The fraction of sp³-hybridized carbons (Fsp3) is 0.200. The predicted molar refractivity (Wildman–Crippen MR) is 78.9 cm³/mol. The van der Waals surface area contributed by atoms with E-state index in [4.69, 9.17) is 5.11 Å². The molecule has 0 saturated carbocycles. The lowest BCUT2D eigenvalue weighted by Crippen LogP contribution is -2.27. The highest BCUT2D eigenvalue weighted by molar-refractivity contribution is 7.88. The van der Waals surface area contributed by atoms with Crippen molar-refractivity contribution < 1.29 is 13.5 Å². The van der Waals surface area contributed by atoms with Gasteiger partial charge in [0.15, 0.2) is 0 Å². The van der Waals surface area contributed by atoms with Gasteiger partial charge in [0.2, 0.25) is 10.0 Å². The number of benzene rings is 2. The second-order valence-electron chi connectivity index (χ2n) is 4.56. The van der Waals surface area contributed by atoms with Gasteiger partial charge < -0.3 is 5.11 Å². The number of sulfonamides is 1. The summed E-state index contributed by atoms with van der Waals surface area (Å²) in [4.78, 5) is 0. The van der Waals surface area contributed by atoms with E-state index in [0.717, 1.165) is 11.1 Å². The summed E-state index contributed by atoms with van der Waals surface area (Å²) in [5.74, 6) is 0.196. The molecular weight excluding hydrogens is 274 g/mol. The van der Waals surface area contributed by atoms with Crippen molar-refractivity contribution in [3.05, 3.63) is 65.7 Å². The van der Waals surface area contributed by atoms with Crippen LogP contribution in [-0.4, -0.2) is 20.1 Å². The Bertz CT molecular complexity index is 637. The summed E-state index contributed by atoms with van der Waals surface area (Å²) in [6.45, 7) is 0.347. The minimum absolute atomic E-state index is 0.0105. The Kier molecular flexibility index (Phi) is 4.76. The summed E-state index contributed by atoms with van der Waals surface area (Å²) in [5.41, 5.74) is 1.75. The number of phenols is 1. The Morgan fingerprint density at radius 2 is 1.55 bits per heavy atom. The van der Waals surface area contributed by atoms with Gasteiger partial charge in [0, 0.05) is 6.54 Å². The van der Waals surface area contributed by atoms with Gasteiger partial charge in [-0.25, -0.2) is 13.1 Å². The first-order valence-corrected chi connectivity index (χ1v) is 7.99. The molecule has 4 nitrogen and oxygen atoms in total. The van der Waals surface area contributed by atoms with Gasteiger partial charge in [0.1, 0.15) is 5.75 Å². The fourth-order valence-corrected chi connectivity index (χ4v) is 3.00. The summed E-state index contributed by atoms with van der Waals surface area (Å²) in [6, 6.07) is 15.8. The Balaban J connectivity index is 1.85. The second kappa shape index (κ2) is 6.54. The molecule has 106 valence electrons. The van der Waals surface area contributed by atoms with E-state index < -0.39 is 10.0 Å². The number of hydrogen-bond acceptors (Lipinski definition) is 3. The molecule has 0 radical (unpaired) electrons. The minimum Gasteiger partial charge on any atom is -0.508 e. The molecule has 0 aliphatic rings. The molecule has 0 aromatic heterocycles. The maximum absolute atomic E-state index is 11.9. The van der Waals surface area contributed by atoms with E-state index in [0.29, 0.717) is 13.0 Å². The topological polar surface area (TPSA) is 66.4 Å². The van der Waals surface area contributed by atoms with Crippen LogP contribution in [0.2, 0.25) is 0 Å². The van der Waals surface area contributed by atoms with Crippen LogP contribution in [0, 0.1) is 0 Å². The molecule has 0 amide bonds. The molecule has 0 saturated heterocycles. The molecule has 0 aliphatic carbocycles. The zero-order valence-electron chi connectivity index (χ0n) is 11.0. The van der Waals surface area contributed by atoms with Gasteiger partial charge in [-0.05, 0) is 29.7 Å². The largest absolute Gasteiger partial charge is 0.508 e. The summed E-state index contributed by atoms with van der Waals surface area (Å²) in [7, 11) is -3.31. The normalized spacial score (nSPS) is 11.4. The van der Waals surface area contributed by atoms with Crippen molar-refractivity contribution in [2.75, 3.05) is 6.54 Å². The molecule has 20 heavy (non-hydrogen) atoms. The highest BCUT2D eigenvalue weighted by Gasteiger charge is 2.10. The first-order chi connectivity index (χ1) is 9.55. The smallest absolute Gasteiger partial charge is 0.215 e. The number of rotatable bonds is 6. The quantitative estimate of drug-likeness (QED) is 0.856. The molecule has 0 spiro atoms. The lowest BCUT2D eigenvalue weighted by molar-refractivity contribution is 0.475. The van der Waals surface area contributed by atoms with Crippen LogP contribution in [0.3, 0.4) is 0 Å². The summed E-state index contributed by atoms with van der Waals surface area (Å²) in [5, 5.41) is 9.16. The number of hydrogen-bond donors (Lipinski definition) is 2. The van der Waals surface area contributed by atoms with Crippen LogP contribution in [0.15, 0.2) is 54.6 Å². The molecular formula is C15H17NO3S. The van der Waals surface area contributed by atoms with Crippen molar-refractivity contribution >= 4 is 10.0 Å². The van der Waals surface area contributed by atoms with Crippen LogP contribution >= 0.6 is 0 Å². The minimum atomic E-state index is -3.31. The Hall–Kier alpha value is -1.85. The first-order valence-electron chi connectivity index (χ1n) is 6.34. The summed E-state index contributed by atoms with van der Waals surface area (Å²) in [6.07, 6.45) is 0.592. The van der Waals surface area contributed by atoms with Crippen LogP contribution in [0.5, 0.6) is 5.75 Å². The average Bonchev–Trinajstić information content (AvgIpc) is 2.41. The summed E-state index contributed by atoms with van der Waals surface area (Å²) >= 11 is 0. The zero-order valence-corrected chi connectivity index (χ0v) is 11.8. The van der Waals surface area contributed by atoms with Crippen LogP contribution in [0.1, 0.15) is 11.1 Å². The third-order valence-electron chi connectivity index (χ3n) is 2.87. The number of aromatic hydroxyl groups is 1.